The highest BCUT2D eigenvalue weighted by Crippen LogP contribution is 2.28. The van der Waals surface area contributed by atoms with Crippen molar-refractivity contribution in [2.45, 2.75) is 24.0 Å². The average molecular weight is 443 g/mol. The lowest BCUT2D eigenvalue weighted by Gasteiger charge is -2.11. The molecule has 31 heavy (non-hydrogen) atoms. The van der Waals surface area contributed by atoms with E-state index in [0.29, 0.717) is 47.4 Å². The van der Waals surface area contributed by atoms with Crippen LogP contribution in [-0.4, -0.2) is 37.6 Å². The van der Waals surface area contributed by atoms with Crippen LogP contribution >= 0.6 is 11.8 Å². The largest absolute Gasteiger partial charge is 0.492 e. The van der Waals surface area contributed by atoms with Crippen molar-refractivity contribution >= 4 is 34.4 Å². The van der Waals surface area contributed by atoms with Crippen LogP contribution in [-0.2, 0) is 17.9 Å². The van der Waals surface area contributed by atoms with Gasteiger partial charge in [-0.25, -0.2) is 4.98 Å². The molecular formula is C21H19F2N5O2S. The summed E-state index contributed by atoms with van der Waals surface area (Å²) in [5.74, 6) is -2.38. The van der Waals surface area contributed by atoms with Gasteiger partial charge >= 0.3 is 0 Å². The highest BCUT2D eigenvalue weighted by atomic mass is 32.2. The predicted octanol–water partition coefficient (Wildman–Crippen LogP) is 4.27. The number of halogens is 2. The number of carbonyl (C=O) groups excluding carboxylic acids is 1. The Morgan fingerprint density at radius 1 is 1.16 bits per heavy atom. The Labute approximate surface area is 181 Å². The molecule has 4 aromatic rings. The molecule has 0 unspecified atom stereocenters. The summed E-state index contributed by atoms with van der Waals surface area (Å²) in [5.41, 5.74) is 1.73. The van der Waals surface area contributed by atoms with Gasteiger partial charge in [-0.2, -0.15) is 13.9 Å². The third kappa shape index (κ3) is 5.40. The van der Waals surface area contributed by atoms with E-state index in [1.165, 1.54) is 4.57 Å². The van der Waals surface area contributed by atoms with Gasteiger partial charge in [0.25, 0.3) is 5.76 Å². The molecule has 0 radical (unpaired) electrons. The number of amides is 1. The molecule has 10 heteroatoms. The molecule has 0 fully saturated rings. The van der Waals surface area contributed by atoms with E-state index >= 15 is 0 Å². The Morgan fingerprint density at radius 3 is 2.84 bits per heavy atom. The summed E-state index contributed by atoms with van der Waals surface area (Å²) in [6.07, 6.45) is 3.55. The van der Waals surface area contributed by atoms with Crippen LogP contribution in [0.15, 0.2) is 72.1 Å². The highest BCUT2D eigenvalue weighted by molar-refractivity contribution is 7.99. The van der Waals surface area contributed by atoms with Gasteiger partial charge < -0.3 is 14.6 Å². The zero-order valence-corrected chi connectivity index (χ0v) is 17.1. The Bertz CT molecular complexity index is 1160. The van der Waals surface area contributed by atoms with Crippen molar-refractivity contribution in [1.82, 2.24) is 19.3 Å². The Balaban J connectivity index is 1.42. The number of fused-ring (bicyclic) bond motifs is 1. The third-order valence-electron chi connectivity index (χ3n) is 4.38. The molecule has 0 bridgehead atoms. The van der Waals surface area contributed by atoms with E-state index in [0.717, 1.165) is 0 Å². The lowest BCUT2D eigenvalue weighted by molar-refractivity contribution is -0.116. The molecule has 0 aliphatic carbocycles. The van der Waals surface area contributed by atoms with Gasteiger partial charge in [0.05, 0.1) is 17.6 Å². The second-order valence-corrected chi connectivity index (χ2v) is 7.50. The fourth-order valence-corrected chi connectivity index (χ4v) is 3.67. The SMILES string of the molecule is O=C(Cn1c(SC(F)F)nc2ccccc21)Nc1cccc(OCCn2cccn2)c1. The number of thioether (sulfide) groups is 1. The van der Waals surface area contributed by atoms with Gasteiger partial charge in [0, 0.05) is 24.1 Å². The molecule has 2 aromatic heterocycles. The summed E-state index contributed by atoms with van der Waals surface area (Å²) >= 11 is 0.321. The van der Waals surface area contributed by atoms with Crippen LogP contribution in [0.5, 0.6) is 5.75 Å². The van der Waals surface area contributed by atoms with E-state index < -0.39 is 5.76 Å². The maximum atomic E-state index is 12.9. The van der Waals surface area contributed by atoms with Crippen LogP contribution in [0, 0.1) is 0 Å². The fourth-order valence-electron chi connectivity index (χ4n) is 3.07. The minimum absolute atomic E-state index is 0.0991. The first kappa shape index (κ1) is 20.9. The molecule has 2 aromatic carbocycles. The number of nitrogens with one attached hydrogen (secondary N) is 1. The predicted molar refractivity (Wildman–Crippen MR) is 114 cm³/mol. The van der Waals surface area contributed by atoms with Gasteiger partial charge in [0.15, 0.2) is 5.16 Å². The molecule has 0 aliphatic rings. The summed E-state index contributed by atoms with van der Waals surface area (Å²) in [5, 5.41) is 7.00. The number of benzene rings is 2. The number of anilines is 1. The molecule has 0 saturated heterocycles. The number of carbonyl (C=O) groups is 1. The number of ether oxygens (including phenoxy) is 1. The number of nitrogens with zero attached hydrogens (tertiary/aromatic N) is 4. The molecule has 7 nitrogen and oxygen atoms in total. The molecule has 1 N–H and O–H groups in total. The first-order valence-corrected chi connectivity index (χ1v) is 10.4. The lowest BCUT2D eigenvalue weighted by Crippen LogP contribution is -2.19. The van der Waals surface area contributed by atoms with E-state index in [1.807, 2.05) is 12.3 Å². The Morgan fingerprint density at radius 2 is 2.03 bits per heavy atom. The highest BCUT2D eigenvalue weighted by Gasteiger charge is 2.18. The summed E-state index contributed by atoms with van der Waals surface area (Å²) in [6, 6.07) is 15.9. The summed E-state index contributed by atoms with van der Waals surface area (Å²) in [6.45, 7) is 0.885. The number of aromatic nitrogens is 4. The van der Waals surface area contributed by atoms with E-state index in [-0.39, 0.29) is 17.6 Å². The molecule has 2 heterocycles. The number of para-hydroxylation sites is 2. The minimum atomic E-state index is -2.63. The zero-order valence-electron chi connectivity index (χ0n) is 16.3. The van der Waals surface area contributed by atoms with Crippen molar-refractivity contribution in [3.8, 4) is 5.75 Å². The average Bonchev–Trinajstić information content (AvgIpc) is 3.36. The molecule has 0 aliphatic heterocycles. The maximum absolute atomic E-state index is 12.9. The number of imidazole rings is 1. The van der Waals surface area contributed by atoms with E-state index in [2.05, 4.69) is 15.4 Å². The van der Waals surface area contributed by atoms with Crippen molar-refractivity contribution in [3.63, 3.8) is 0 Å². The number of alkyl halides is 2. The minimum Gasteiger partial charge on any atom is -0.492 e. The monoisotopic (exact) mass is 443 g/mol. The smallest absolute Gasteiger partial charge is 0.291 e. The molecule has 4 rings (SSSR count). The van der Waals surface area contributed by atoms with Crippen molar-refractivity contribution in [2.75, 3.05) is 11.9 Å². The number of hydrogen-bond donors (Lipinski definition) is 1. The lowest BCUT2D eigenvalue weighted by atomic mass is 10.3. The standard InChI is InChI=1S/C21H19F2N5O2S/c22-20(23)31-21-26-17-7-1-2-8-18(17)28(21)14-19(29)25-15-5-3-6-16(13-15)30-12-11-27-10-4-9-24-27/h1-10,13,20H,11-12,14H2,(H,25,29). The fraction of sp³-hybridized carbons (Fsp3) is 0.190. The summed E-state index contributed by atoms with van der Waals surface area (Å²) in [4.78, 5) is 16.9. The van der Waals surface area contributed by atoms with E-state index in [4.69, 9.17) is 4.74 Å². The first-order valence-electron chi connectivity index (χ1n) is 9.49. The quantitative estimate of drug-likeness (QED) is 0.391. The van der Waals surface area contributed by atoms with Crippen LogP contribution in [0.3, 0.4) is 0 Å². The van der Waals surface area contributed by atoms with Crippen molar-refractivity contribution < 1.29 is 18.3 Å². The van der Waals surface area contributed by atoms with E-state index in [9.17, 15) is 13.6 Å². The third-order valence-corrected chi connectivity index (χ3v) is 5.08. The van der Waals surface area contributed by atoms with Crippen LogP contribution in [0.1, 0.15) is 0 Å². The molecule has 0 atom stereocenters. The topological polar surface area (TPSA) is 74.0 Å². The van der Waals surface area contributed by atoms with Gasteiger partial charge in [-0.15, -0.1) is 0 Å². The van der Waals surface area contributed by atoms with Crippen molar-refractivity contribution in [1.29, 1.82) is 0 Å². The second-order valence-electron chi connectivity index (χ2n) is 6.54. The zero-order chi connectivity index (χ0) is 21.6. The van der Waals surface area contributed by atoms with Crippen LogP contribution in [0.2, 0.25) is 0 Å². The molecular weight excluding hydrogens is 424 g/mol. The molecule has 0 spiro atoms. The molecule has 0 saturated carbocycles. The summed E-state index contributed by atoms with van der Waals surface area (Å²) < 4.78 is 34.8. The number of rotatable bonds is 9. The van der Waals surface area contributed by atoms with Crippen LogP contribution in [0.4, 0.5) is 14.5 Å². The molecule has 160 valence electrons. The van der Waals surface area contributed by atoms with Gasteiger partial charge in [0.1, 0.15) is 18.9 Å². The van der Waals surface area contributed by atoms with Crippen molar-refractivity contribution in [3.05, 3.63) is 67.0 Å². The first-order chi connectivity index (χ1) is 15.1. The normalized spacial score (nSPS) is 11.2. The van der Waals surface area contributed by atoms with Crippen LogP contribution in [0.25, 0.3) is 11.0 Å². The van der Waals surface area contributed by atoms with Gasteiger partial charge in [-0.3, -0.25) is 9.48 Å². The van der Waals surface area contributed by atoms with Gasteiger partial charge in [0.2, 0.25) is 5.91 Å². The van der Waals surface area contributed by atoms with E-state index in [1.54, 1.807) is 59.4 Å². The van der Waals surface area contributed by atoms with Gasteiger partial charge in [-0.1, -0.05) is 18.2 Å². The number of hydrogen-bond acceptors (Lipinski definition) is 5. The Kier molecular flexibility index (Phi) is 6.46. The van der Waals surface area contributed by atoms with Crippen LogP contribution < -0.4 is 10.1 Å². The Hall–Kier alpha value is -3.40. The second kappa shape index (κ2) is 9.61. The molecule has 1 amide bonds. The maximum Gasteiger partial charge on any atom is 0.291 e. The van der Waals surface area contributed by atoms with Gasteiger partial charge in [-0.05, 0) is 42.1 Å². The van der Waals surface area contributed by atoms with Crippen molar-refractivity contribution in [2.24, 2.45) is 0 Å². The summed E-state index contributed by atoms with van der Waals surface area (Å²) in [7, 11) is 0.